The number of anilines is 1. The summed E-state index contributed by atoms with van der Waals surface area (Å²) in [6.45, 7) is 1.84. The summed E-state index contributed by atoms with van der Waals surface area (Å²) >= 11 is 3.38. The fourth-order valence-electron chi connectivity index (χ4n) is 3.06. The lowest BCUT2D eigenvalue weighted by Gasteiger charge is -2.23. The molecule has 0 spiro atoms. The Balaban J connectivity index is 1.82. The molecule has 0 fully saturated rings. The minimum atomic E-state index is -4.04. The summed E-state index contributed by atoms with van der Waals surface area (Å²) in [5.74, 6) is 0.525. The first-order valence-electron chi connectivity index (χ1n) is 10.3. The van der Waals surface area contributed by atoms with Crippen molar-refractivity contribution in [3.8, 4) is 11.5 Å². The number of halogens is 1. The molecular formula is C24H24BrN3O5S. The van der Waals surface area contributed by atoms with Gasteiger partial charge in [0, 0.05) is 10.0 Å². The van der Waals surface area contributed by atoms with Crippen molar-refractivity contribution in [1.29, 1.82) is 0 Å². The van der Waals surface area contributed by atoms with Crippen molar-refractivity contribution < 1.29 is 22.7 Å². The Hall–Kier alpha value is -3.37. The highest BCUT2D eigenvalue weighted by Crippen LogP contribution is 2.25. The molecule has 1 amide bonds. The monoisotopic (exact) mass is 545 g/mol. The lowest BCUT2D eigenvalue weighted by molar-refractivity contribution is -0.119. The molecule has 0 aliphatic rings. The number of carbonyl (C=O) groups is 1. The second-order valence-electron chi connectivity index (χ2n) is 6.93. The van der Waals surface area contributed by atoms with Crippen LogP contribution in [0.15, 0.2) is 87.3 Å². The van der Waals surface area contributed by atoms with Gasteiger partial charge in [-0.05, 0) is 61.5 Å². The normalized spacial score (nSPS) is 11.3. The van der Waals surface area contributed by atoms with Gasteiger partial charge in [0.2, 0.25) is 0 Å². The van der Waals surface area contributed by atoms with E-state index in [2.05, 4.69) is 26.5 Å². The zero-order chi connectivity index (χ0) is 24.6. The van der Waals surface area contributed by atoms with Crippen LogP contribution >= 0.6 is 15.9 Å². The van der Waals surface area contributed by atoms with E-state index in [1.807, 2.05) is 13.0 Å². The van der Waals surface area contributed by atoms with Crippen molar-refractivity contribution in [2.45, 2.75) is 11.8 Å². The first-order valence-corrected chi connectivity index (χ1v) is 12.5. The van der Waals surface area contributed by atoms with Gasteiger partial charge in [-0.15, -0.1) is 0 Å². The Kier molecular flexibility index (Phi) is 8.67. The number of hydrogen-bond acceptors (Lipinski definition) is 6. The van der Waals surface area contributed by atoms with E-state index >= 15 is 0 Å². The third-order valence-electron chi connectivity index (χ3n) is 4.64. The predicted octanol–water partition coefficient (Wildman–Crippen LogP) is 4.20. The highest BCUT2D eigenvalue weighted by Gasteiger charge is 2.27. The van der Waals surface area contributed by atoms with Gasteiger partial charge in [0.25, 0.3) is 15.9 Å². The largest absolute Gasteiger partial charge is 0.496 e. The van der Waals surface area contributed by atoms with Crippen molar-refractivity contribution in [1.82, 2.24) is 5.43 Å². The molecular weight excluding hydrogens is 522 g/mol. The predicted molar refractivity (Wildman–Crippen MR) is 135 cm³/mol. The third kappa shape index (κ3) is 6.36. The van der Waals surface area contributed by atoms with E-state index in [9.17, 15) is 13.2 Å². The van der Waals surface area contributed by atoms with E-state index in [0.717, 1.165) is 8.78 Å². The minimum Gasteiger partial charge on any atom is -0.496 e. The number of hydrogen-bond donors (Lipinski definition) is 1. The summed E-state index contributed by atoms with van der Waals surface area (Å²) in [5, 5.41) is 3.96. The van der Waals surface area contributed by atoms with Crippen LogP contribution in [0.4, 0.5) is 5.69 Å². The van der Waals surface area contributed by atoms with Crippen LogP contribution in [0.3, 0.4) is 0 Å². The molecule has 0 aliphatic heterocycles. The summed E-state index contributed by atoms with van der Waals surface area (Å²) in [4.78, 5) is 12.7. The van der Waals surface area contributed by atoms with E-state index < -0.39 is 22.5 Å². The minimum absolute atomic E-state index is 0.0370. The first kappa shape index (κ1) is 25.3. The average molecular weight is 546 g/mol. The standard InChI is InChI=1S/C24H24BrN3O5S/c1-3-33-21-10-12-22(13-11-21)34(30,31)28(20-7-5-4-6-8-20)17-24(29)27-26-16-18-15-19(25)9-14-23(18)32-2/h4-16H,3,17H2,1-2H3,(H,27,29)/b26-16+. The molecule has 178 valence electrons. The summed E-state index contributed by atoms with van der Waals surface area (Å²) in [6.07, 6.45) is 1.43. The van der Waals surface area contributed by atoms with Gasteiger partial charge in [-0.3, -0.25) is 9.10 Å². The van der Waals surface area contributed by atoms with Gasteiger partial charge in [0.1, 0.15) is 18.0 Å². The second-order valence-corrected chi connectivity index (χ2v) is 9.71. The number of nitrogens with one attached hydrogen (secondary N) is 1. The van der Waals surface area contributed by atoms with Gasteiger partial charge >= 0.3 is 0 Å². The molecule has 1 N–H and O–H groups in total. The van der Waals surface area contributed by atoms with Gasteiger partial charge in [0.05, 0.1) is 30.5 Å². The molecule has 0 atom stereocenters. The van der Waals surface area contributed by atoms with Gasteiger partial charge in [-0.1, -0.05) is 34.1 Å². The van der Waals surface area contributed by atoms with Gasteiger partial charge in [-0.25, -0.2) is 13.8 Å². The maximum Gasteiger partial charge on any atom is 0.264 e. The fraction of sp³-hybridized carbons (Fsp3) is 0.167. The number of rotatable bonds is 10. The average Bonchev–Trinajstić information content (AvgIpc) is 2.84. The molecule has 0 heterocycles. The lowest BCUT2D eigenvalue weighted by atomic mass is 10.2. The molecule has 0 saturated carbocycles. The number of para-hydroxylation sites is 1. The van der Waals surface area contributed by atoms with Gasteiger partial charge in [-0.2, -0.15) is 5.10 Å². The van der Waals surface area contributed by atoms with E-state index in [1.165, 1.54) is 25.5 Å². The van der Waals surface area contributed by atoms with Crippen molar-refractivity contribution in [3.63, 3.8) is 0 Å². The van der Waals surface area contributed by atoms with Crippen molar-refractivity contribution in [2.24, 2.45) is 5.10 Å². The Morgan fingerprint density at radius 1 is 1.09 bits per heavy atom. The van der Waals surface area contributed by atoms with Crippen molar-refractivity contribution in [3.05, 3.63) is 82.8 Å². The quantitative estimate of drug-likeness (QED) is 0.304. The maximum absolute atomic E-state index is 13.4. The van der Waals surface area contributed by atoms with Crippen LogP contribution in [0.1, 0.15) is 12.5 Å². The van der Waals surface area contributed by atoms with E-state index in [-0.39, 0.29) is 4.90 Å². The van der Waals surface area contributed by atoms with Crippen LogP contribution in [0, 0.1) is 0 Å². The number of methoxy groups -OCH3 is 1. The number of ether oxygens (including phenoxy) is 2. The van der Waals surface area contributed by atoms with Gasteiger partial charge in [0.15, 0.2) is 0 Å². The molecule has 0 aromatic heterocycles. The molecule has 10 heteroatoms. The van der Waals surface area contributed by atoms with Crippen LogP contribution in [0.5, 0.6) is 11.5 Å². The topological polar surface area (TPSA) is 97.3 Å². The summed E-state index contributed by atoms with van der Waals surface area (Å²) in [7, 11) is -2.51. The first-order chi connectivity index (χ1) is 16.3. The van der Waals surface area contributed by atoms with E-state index in [1.54, 1.807) is 54.6 Å². The summed E-state index contributed by atoms with van der Waals surface area (Å²) in [5.41, 5.74) is 3.37. The van der Waals surface area contributed by atoms with Gasteiger partial charge < -0.3 is 9.47 Å². The van der Waals surface area contributed by atoms with Crippen LogP contribution in [0.25, 0.3) is 0 Å². The van der Waals surface area contributed by atoms with Crippen LogP contribution < -0.4 is 19.2 Å². The van der Waals surface area contributed by atoms with Crippen LogP contribution in [-0.2, 0) is 14.8 Å². The van der Waals surface area contributed by atoms with Crippen molar-refractivity contribution >= 4 is 43.8 Å². The zero-order valence-corrected chi connectivity index (χ0v) is 21.0. The maximum atomic E-state index is 13.4. The number of carbonyl (C=O) groups excluding carboxylic acids is 1. The van der Waals surface area contributed by atoms with Crippen LogP contribution in [0.2, 0.25) is 0 Å². The Morgan fingerprint density at radius 3 is 2.44 bits per heavy atom. The zero-order valence-electron chi connectivity index (χ0n) is 18.6. The number of amides is 1. The SMILES string of the molecule is CCOc1ccc(S(=O)(=O)N(CC(=O)N/N=C/c2cc(Br)ccc2OC)c2ccccc2)cc1. The second kappa shape index (κ2) is 11.7. The Bertz CT molecular complexity index is 1250. The number of nitrogens with zero attached hydrogens (tertiary/aromatic N) is 2. The van der Waals surface area contributed by atoms with Crippen LogP contribution in [-0.4, -0.2) is 40.8 Å². The van der Waals surface area contributed by atoms with Crippen molar-refractivity contribution in [2.75, 3.05) is 24.6 Å². The Labute approximate surface area is 207 Å². The molecule has 0 radical (unpaired) electrons. The lowest BCUT2D eigenvalue weighted by Crippen LogP contribution is -2.39. The molecule has 0 saturated heterocycles. The molecule has 3 aromatic rings. The molecule has 0 bridgehead atoms. The summed E-state index contributed by atoms with van der Waals surface area (Å²) < 4.78 is 39.3. The molecule has 0 aliphatic carbocycles. The molecule has 3 aromatic carbocycles. The highest BCUT2D eigenvalue weighted by atomic mass is 79.9. The fourth-order valence-corrected chi connectivity index (χ4v) is 4.86. The molecule has 3 rings (SSSR count). The number of sulfonamides is 1. The number of benzene rings is 3. The summed E-state index contributed by atoms with van der Waals surface area (Å²) in [6, 6.07) is 19.8. The number of hydrazone groups is 1. The molecule has 34 heavy (non-hydrogen) atoms. The third-order valence-corrected chi connectivity index (χ3v) is 6.92. The van der Waals surface area contributed by atoms with E-state index in [0.29, 0.717) is 29.4 Å². The molecule has 8 nitrogen and oxygen atoms in total. The Morgan fingerprint density at radius 2 is 1.79 bits per heavy atom. The van der Waals surface area contributed by atoms with E-state index in [4.69, 9.17) is 9.47 Å². The molecule has 0 unspecified atom stereocenters. The highest BCUT2D eigenvalue weighted by molar-refractivity contribution is 9.10. The smallest absolute Gasteiger partial charge is 0.264 e.